The number of nitrogens with one attached hydrogen (secondary N) is 1. The van der Waals surface area contributed by atoms with E-state index in [9.17, 15) is 4.79 Å². The minimum absolute atomic E-state index is 0.0423. The summed E-state index contributed by atoms with van der Waals surface area (Å²) in [4.78, 5) is 11.4. The van der Waals surface area contributed by atoms with E-state index in [1.54, 1.807) is 6.07 Å². The number of aliphatic hydroxyl groups excluding tert-OH is 1. The van der Waals surface area contributed by atoms with E-state index in [1.165, 1.54) is 12.5 Å². The normalized spacial score (nSPS) is 17.8. The third kappa shape index (κ3) is 1.80. The Morgan fingerprint density at radius 2 is 2.43 bits per heavy atom. The van der Waals surface area contributed by atoms with Crippen LogP contribution >= 0.6 is 0 Å². The first-order valence-electron chi connectivity index (χ1n) is 4.67. The third-order valence-electron chi connectivity index (χ3n) is 2.70. The van der Waals surface area contributed by atoms with Crippen molar-refractivity contribution in [1.82, 2.24) is 5.32 Å². The van der Waals surface area contributed by atoms with E-state index in [0.29, 0.717) is 12.1 Å². The molecule has 0 spiro atoms. The molecule has 1 heterocycles. The van der Waals surface area contributed by atoms with Gasteiger partial charge in [-0.1, -0.05) is 0 Å². The highest BCUT2D eigenvalue weighted by atomic mass is 16.3. The lowest BCUT2D eigenvalue weighted by Crippen LogP contribution is -2.31. The highest BCUT2D eigenvalue weighted by molar-refractivity contribution is 5.93. The second kappa shape index (κ2) is 3.46. The largest absolute Gasteiger partial charge is 0.472 e. The molecule has 1 aliphatic rings. The van der Waals surface area contributed by atoms with Gasteiger partial charge >= 0.3 is 0 Å². The SMILES string of the molecule is O=C(NCC1(CO)CC1)c1ccoc1. The van der Waals surface area contributed by atoms with Crippen molar-refractivity contribution < 1.29 is 14.3 Å². The molecule has 14 heavy (non-hydrogen) atoms. The smallest absolute Gasteiger partial charge is 0.254 e. The molecule has 0 atom stereocenters. The fourth-order valence-corrected chi connectivity index (χ4v) is 1.33. The monoisotopic (exact) mass is 195 g/mol. The standard InChI is InChI=1S/C10H13NO3/c12-7-10(2-3-10)6-11-9(13)8-1-4-14-5-8/h1,4-5,12H,2-3,6-7H2,(H,11,13). The minimum atomic E-state index is -0.140. The van der Waals surface area contributed by atoms with Crippen LogP contribution in [0.1, 0.15) is 23.2 Å². The Morgan fingerprint density at radius 3 is 2.93 bits per heavy atom. The van der Waals surface area contributed by atoms with Gasteiger partial charge in [0.2, 0.25) is 0 Å². The van der Waals surface area contributed by atoms with Crippen LogP contribution in [0.5, 0.6) is 0 Å². The molecule has 76 valence electrons. The van der Waals surface area contributed by atoms with Crippen LogP contribution < -0.4 is 5.32 Å². The number of carbonyl (C=O) groups is 1. The summed E-state index contributed by atoms with van der Waals surface area (Å²) >= 11 is 0. The third-order valence-corrected chi connectivity index (χ3v) is 2.70. The van der Waals surface area contributed by atoms with Gasteiger partial charge in [-0.2, -0.15) is 0 Å². The van der Waals surface area contributed by atoms with E-state index in [-0.39, 0.29) is 17.9 Å². The Hall–Kier alpha value is -1.29. The number of aliphatic hydroxyl groups is 1. The first-order valence-corrected chi connectivity index (χ1v) is 4.67. The summed E-state index contributed by atoms with van der Waals surface area (Å²) in [5, 5.41) is 11.8. The van der Waals surface area contributed by atoms with Crippen LogP contribution in [0, 0.1) is 5.41 Å². The number of carbonyl (C=O) groups excluding carboxylic acids is 1. The first-order chi connectivity index (χ1) is 6.76. The van der Waals surface area contributed by atoms with E-state index >= 15 is 0 Å². The van der Waals surface area contributed by atoms with E-state index < -0.39 is 0 Å². The van der Waals surface area contributed by atoms with Gasteiger partial charge in [-0.3, -0.25) is 4.79 Å². The number of rotatable bonds is 4. The van der Waals surface area contributed by atoms with Crippen LogP contribution in [0.4, 0.5) is 0 Å². The average Bonchev–Trinajstić information content (AvgIpc) is 2.78. The summed E-state index contributed by atoms with van der Waals surface area (Å²) in [6.45, 7) is 0.701. The lowest BCUT2D eigenvalue weighted by molar-refractivity contribution is 0.0934. The van der Waals surface area contributed by atoms with Gasteiger partial charge in [-0.25, -0.2) is 0 Å². The molecule has 1 amide bonds. The molecule has 1 aliphatic carbocycles. The van der Waals surface area contributed by atoms with Crippen molar-refractivity contribution in [3.05, 3.63) is 24.2 Å². The molecular formula is C10H13NO3. The van der Waals surface area contributed by atoms with Crippen LogP contribution in [0.15, 0.2) is 23.0 Å². The molecule has 2 N–H and O–H groups in total. The molecule has 1 aromatic heterocycles. The maximum absolute atomic E-state index is 11.4. The van der Waals surface area contributed by atoms with E-state index in [4.69, 9.17) is 9.52 Å². The van der Waals surface area contributed by atoms with Crippen molar-refractivity contribution >= 4 is 5.91 Å². The summed E-state index contributed by atoms with van der Waals surface area (Å²) in [6, 6.07) is 1.62. The van der Waals surface area contributed by atoms with Gasteiger partial charge in [0.15, 0.2) is 0 Å². The van der Waals surface area contributed by atoms with E-state index in [2.05, 4.69) is 5.32 Å². The number of hydrogen-bond acceptors (Lipinski definition) is 3. The van der Waals surface area contributed by atoms with E-state index in [1.807, 2.05) is 0 Å². The van der Waals surface area contributed by atoms with Crippen molar-refractivity contribution in [2.45, 2.75) is 12.8 Å². The molecule has 0 saturated heterocycles. The van der Waals surface area contributed by atoms with Crippen LogP contribution in [0.3, 0.4) is 0 Å². The Balaban J connectivity index is 1.84. The van der Waals surface area contributed by atoms with Gasteiger partial charge in [-0.15, -0.1) is 0 Å². The van der Waals surface area contributed by atoms with Crippen LogP contribution in [-0.2, 0) is 0 Å². The van der Waals surface area contributed by atoms with Crippen molar-refractivity contribution in [2.75, 3.05) is 13.2 Å². The Morgan fingerprint density at radius 1 is 1.64 bits per heavy atom. The second-order valence-electron chi connectivity index (χ2n) is 3.85. The van der Waals surface area contributed by atoms with Crippen molar-refractivity contribution in [3.63, 3.8) is 0 Å². The van der Waals surface area contributed by atoms with Crippen molar-refractivity contribution in [3.8, 4) is 0 Å². The molecule has 2 rings (SSSR count). The van der Waals surface area contributed by atoms with Gasteiger partial charge < -0.3 is 14.8 Å². The zero-order chi connectivity index (χ0) is 10.0. The first kappa shape index (κ1) is 9.27. The van der Waals surface area contributed by atoms with Crippen molar-refractivity contribution in [1.29, 1.82) is 0 Å². The van der Waals surface area contributed by atoms with Crippen LogP contribution in [0.25, 0.3) is 0 Å². The van der Waals surface area contributed by atoms with Gasteiger partial charge in [0.1, 0.15) is 6.26 Å². The summed E-state index contributed by atoms with van der Waals surface area (Å²) in [5.41, 5.74) is 0.484. The molecule has 0 radical (unpaired) electrons. The Kier molecular flexibility index (Phi) is 2.29. The molecule has 1 saturated carbocycles. The lowest BCUT2D eigenvalue weighted by atomic mass is 10.1. The fourth-order valence-electron chi connectivity index (χ4n) is 1.33. The maximum atomic E-state index is 11.4. The number of hydrogen-bond donors (Lipinski definition) is 2. The predicted molar refractivity (Wildman–Crippen MR) is 49.8 cm³/mol. The topological polar surface area (TPSA) is 62.5 Å². The molecule has 4 heteroatoms. The Labute approximate surface area is 81.9 Å². The molecule has 0 aliphatic heterocycles. The average molecular weight is 195 g/mol. The summed E-state index contributed by atoms with van der Waals surface area (Å²) in [7, 11) is 0. The molecule has 0 aromatic carbocycles. The highest BCUT2D eigenvalue weighted by Crippen LogP contribution is 2.44. The zero-order valence-electron chi connectivity index (χ0n) is 7.82. The summed E-state index contributed by atoms with van der Waals surface area (Å²) in [6.07, 6.45) is 4.87. The van der Waals surface area contributed by atoms with Gasteiger partial charge in [0.05, 0.1) is 18.4 Å². The molecule has 4 nitrogen and oxygen atoms in total. The number of furan rings is 1. The number of amides is 1. The fraction of sp³-hybridized carbons (Fsp3) is 0.500. The molecule has 0 unspecified atom stereocenters. The van der Waals surface area contributed by atoms with Gasteiger partial charge in [0, 0.05) is 12.0 Å². The van der Waals surface area contributed by atoms with Crippen LogP contribution in [0.2, 0.25) is 0 Å². The maximum Gasteiger partial charge on any atom is 0.254 e. The quantitative estimate of drug-likeness (QED) is 0.746. The van der Waals surface area contributed by atoms with Crippen LogP contribution in [-0.4, -0.2) is 24.2 Å². The second-order valence-corrected chi connectivity index (χ2v) is 3.85. The van der Waals surface area contributed by atoms with Gasteiger partial charge in [0.25, 0.3) is 5.91 Å². The summed E-state index contributed by atoms with van der Waals surface area (Å²) in [5.74, 6) is -0.140. The Bertz CT molecular complexity index is 314. The molecular weight excluding hydrogens is 182 g/mol. The molecule has 0 bridgehead atoms. The minimum Gasteiger partial charge on any atom is -0.472 e. The predicted octanol–water partition coefficient (Wildman–Crippen LogP) is 0.782. The zero-order valence-corrected chi connectivity index (χ0v) is 7.82. The van der Waals surface area contributed by atoms with Gasteiger partial charge in [-0.05, 0) is 18.9 Å². The summed E-state index contributed by atoms with van der Waals surface area (Å²) < 4.78 is 4.80. The van der Waals surface area contributed by atoms with Crippen molar-refractivity contribution in [2.24, 2.45) is 5.41 Å². The molecule has 1 aromatic rings. The van der Waals surface area contributed by atoms with E-state index in [0.717, 1.165) is 12.8 Å². The lowest BCUT2D eigenvalue weighted by Gasteiger charge is -2.11. The molecule has 1 fully saturated rings. The highest BCUT2D eigenvalue weighted by Gasteiger charge is 2.42.